The van der Waals surface area contributed by atoms with Crippen LogP contribution >= 0.6 is 11.3 Å². The van der Waals surface area contributed by atoms with Crippen molar-refractivity contribution < 1.29 is 9.47 Å². The Balaban J connectivity index is 1.32. The summed E-state index contributed by atoms with van der Waals surface area (Å²) >= 11 is 1.87. The molecule has 1 aromatic heterocycles. The molecule has 0 aromatic carbocycles. The van der Waals surface area contributed by atoms with Crippen molar-refractivity contribution in [3.8, 4) is 0 Å². The van der Waals surface area contributed by atoms with E-state index in [0.717, 1.165) is 51.6 Å². The molecule has 1 spiro atoms. The zero-order valence-electron chi connectivity index (χ0n) is 12.6. The number of hydrogen-bond acceptors (Lipinski definition) is 5. The van der Waals surface area contributed by atoms with E-state index in [4.69, 9.17) is 14.5 Å². The van der Waals surface area contributed by atoms with Crippen LogP contribution in [0.1, 0.15) is 55.1 Å². The van der Waals surface area contributed by atoms with Crippen molar-refractivity contribution in [2.75, 3.05) is 26.3 Å². The number of nitrogens with zero attached hydrogens (tertiary/aromatic N) is 2. The van der Waals surface area contributed by atoms with Gasteiger partial charge in [0.15, 0.2) is 5.79 Å². The van der Waals surface area contributed by atoms with E-state index >= 15 is 0 Å². The van der Waals surface area contributed by atoms with Crippen molar-refractivity contribution in [1.29, 1.82) is 0 Å². The number of piperidine rings is 1. The molecule has 0 bridgehead atoms. The van der Waals surface area contributed by atoms with Crippen molar-refractivity contribution in [2.24, 2.45) is 0 Å². The molecule has 2 saturated heterocycles. The Labute approximate surface area is 130 Å². The highest BCUT2D eigenvalue weighted by Gasteiger charge is 2.39. The summed E-state index contributed by atoms with van der Waals surface area (Å²) in [6.07, 6.45) is 7.43. The molecule has 0 unspecified atom stereocenters. The van der Waals surface area contributed by atoms with Gasteiger partial charge in [-0.15, -0.1) is 11.3 Å². The van der Waals surface area contributed by atoms with Gasteiger partial charge in [0, 0.05) is 43.8 Å². The van der Waals surface area contributed by atoms with Crippen molar-refractivity contribution in [1.82, 2.24) is 9.88 Å². The van der Waals surface area contributed by atoms with Crippen LogP contribution in [0.4, 0.5) is 0 Å². The lowest BCUT2D eigenvalue weighted by atomic mass is 10.0. The zero-order valence-corrected chi connectivity index (χ0v) is 13.4. The summed E-state index contributed by atoms with van der Waals surface area (Å²) in [5.41, 5.74) is 1.26. The first-order valence-corrected chi connectivity index (χ1v) is 9.16. The Hall–Kier alpha value is -0.490. The molecule has 1 aliphatic carbocycles. The van der Waals surface area contributed by atoms with Crippen molar-refractivity contribution in [2.45, 2.75) is 56.8 Å². The Bertz CT molecular complexity index is 468. The van der Waals surface area contributed by atoms with Crippen LogP contribution in [0, 0.1) is 0 Å². The van der Waals surface area contributed by atoms with Crippen LogP contribution in [-0.4, -0.2) is 42.0 Å². The van der Waals surface area contributed by atoms with E-state index in [9.17, 15) is 0 Å². The van der Waals surface area contributed by atoms with E-state index in [0.29, 0.717) is 0 Å². The van der Waals surface area contributed by atoms with Gasteiger partial charge in [0.25, 0.3) is 0 Å². The maximum atomic E-state index is 5.79. The van der Waals surface area contributed by atoms with Gasteiger partial charge in [0.05, 0.1) is 23.9 Å². The van der Waals surface area contributed by atoms with Gasteiger partial charge in [-0.05, 0) is 12.8 Å². The average molecular weight is 308 g/mol. The predicted molar refractivity (Wildman–Crippen MR) is 82.5 cm³/mol. The summed E-state index contributed by atoms with van der Waals surface area (Å²) in [6, 6.07) is 0. The topological polar surface area (TPSA) is 34.6 Å². The minimum Gasteiger partial charge on any atom is -0.347 e. The first-order valence-electron chi connectivity index (χ1n) is 8.28. The summed E-state index contributed by atoms with van der Waals surface area (Å²) in [4.78, 5) is 7.38. The standard InChI is InChI=1S/C16H24N2O2S/c1-2-4-13(3-1)15-17-14(12-21-15)11-18-7-5-16(6-8-18)19-9-10-20-16/h12-13H,1-11H2. The number of likely N-dealkylation sites (tertiary alicyclic amines) is 1. The molecule has 4 nitrogen and oxygen atoms in total. The van der Waals surface area contributed by atoms with E-state index in [1.54, 1.807) is 0 Å². The van der Waals surface area contributed by atoms with Crippen LogP contribution in [-0.2, 0) is 16.0 Å². The molecule has 3 heterocycles. The van der Waals surface area contributed by atoms with E-state index in [1.165, 1.54) is 36.4 Å². The van der Waals surface area contributed by atoms with Gasteiger partial charge in [0.2, 0.25) is 0 Å². The van der Waals surface area contributed by atoms with Gasteiger partial charge in [-0.25, -0.2) is 4.98 Å². The van der Waals surface area contributed by atoms with Gasteiger partial charge >= 0.3 is 0 Å². The number of hydrogen-bond donors (Lipinski definition) is 0. The second-order valence-corrected chi connectivity index (χ2v) is 7.43. The Morgan fingerprint density at radius 3 is 2.62 bits per heavy atom. The molecule has 0 atom stereocenters. The molecule has 0 N–H and O–H groups in total. The van der Waals surface area contributed by atoms with Crippen LogP contribution in [0.5, 0.6) is 0 Å². The minimum absolute atomic E-state index is 0.256. The molecular weight excluding hydrogens is 284 g/mol. The van der Waals surface area contributed by atoms with E-state index in [1.807, 2.05) is 11.3 Å². The molecule has 3 aliphatic rings. The van der Waals surface area contributed by atoms with E-state index < -0.39 is 0 Å². The lowest BCUT2D eigenvalue weighted by Crippen LogP contribution is -2.44. The monoisotopic (exact) mass is 308 g/mol. The van der Waals surface area contributed by atoms with Crippen LogP contribution in [0.2, 0.25) is 0 Å². The summed E-state index contributed by atoms with van der Waals surface area (Å²) in [6.45, 7) is 4.61. The molecule has 0 radical (unpaired) electrons. The first-order chi connectivity index (χ1) is 10.3. The Kier molecular flexibility index (Phi) is 4.00. The molecule has 4 rings (SSSR count). The highest BCUT2D eigenvalue weighted by atomic mass is 32.1. The van der Waals surface area contributed by atoms with Gasteiger partial charge in [-0.1, -0.05) is 12.8 Å². The van der Waals surface area contributed by atoms with Crippen molar-refractivity contribution in [3.05, 3.63) is 16.1 Å². The lowest BCUT2D eigenvalue weighted by Gasteiger charge is -2.37. The molecule has 0 amide bonds. The molecular formula is C16H24N2O2S. The van der Waals surface area contributed by atoms with Crippen LogP contribution in [0.15, 0.2) is 5.38 Å². The van der Waals surface area contributed by atoms with Gasteiger partial charge in [0.1, 0.15) is 0 Å². The van der Waals surface area contributed by atoms with Crippen LogP contribution in [0.25, 0.3) is 0 Å². The number of thiazole rings is 1. The minimum atomic E-state index is -0.256. The van der Waals surface area contributed by atoms with Crippen LogP contribution in [0.3, 0.4) is 0 Å². The molecule has 116 valence electrons. The lowest BCUT2D eigenvalue weighted by molar-refractivity contribution is -0.185. The Morgan fingerprint density at radius 1 is 1.19 bits per heavy atom. The number of rotatable bonds is 3. The quantitative estimate of drug-likeness (QED) is 0.859. The third kappa shape index (κ3) is 3.02. The average Bonchev–Trinajstić information content (AvgIpc) is 3.23. The molecule has 1 aromatic rings. The summed E-state index contributed by atoms with van der Waals surface area (Å²) in [7, 11) is 0. The summed E-state index contributed by atoms with van der Waals surface area (Å²) in [5.74, 6) is 0.488. The number of ether oxygens (including phenoxy) is 2. The summed E-state index contributed by atoms with van der Waals surface area (Å²) in [5, 5.41) is 3.64. The smallest absolute Gasteiger partial charge is 0.170 e. The highest BCUT2D eigenvalue weighted by molar-refractivity contribution is 7.09. The van der Waals surface area contributed by atoms with Crippen molar-refractivity contribution in [3.63, 3.8) is 0 Å². The fourth-order valence-electron chi connectivity index (χ4n) is 3.82. The van der Waals surface area contributed by atoms with Crippen LogP contribution < -0.4 is 0 Å². The molecule has 2 aliphatic heterocycles. The second kappa shape index (κ2) is 5.95. The van der Waals surface area contributed by atoms with E-state index in [-0.39, 0.29) is 5.79 Å². The van der Waals surface area contributed by atoms with E-state index in [2.05, 4.69) is 10.3 Å². The molecule has 21 heavy (non-hydrogen) atoms. The fraction of sp³-hybridized carbons (Fsp3) is 0.812. The van der Waals surface area contributed by atoms with Gasteiger partial charge in [-0.3, -0.25) is 4.90 Å². The third-order valence-electron chi connectivity index (χ3n) is 5.09. The molecule has 3 fully saturated rings. The van der Waals surface area contributed by atoms with Gasteiger partial charge in [-0.2, -0.15) is 0 Å². The maximum absolute atomic E-state index is 5.79. The first kappa shape index (κ1) is 14.1. The Morgan fingerprint density at radius 2 is 1.90 bits per heavy atom. The zero-order chi connectivity index (χ0) is 14.1. The molecule has 1 saturated carbocycles. The second-order valence-electron chi connectivity index (χ2n) is 6.54. The maximum Gasteiger partial charge on any atom is 0.170 e. The predicted octanol–water partition coefficient (Wildman–Crippen LogP) is 3.14. The highest BCUT2D eigenvalue weighted by Crippen LogP contribution is 2.36. The molecule has 5 heteroatoms. The SMILES string of the molecule is c1sc(C2CCCC2)nc1CN1CCC2(CC1)OCCO2. The normalized spacial score (nSPS) is 26.9. The summed E-state index contributed by atoms with van der Waals surface area (Å²) < 4.78 is 11.6. The van der Waals surface area contributed by atoms with Crippen molar-refractivity contribution >= 4 is 11.3 Å². The largest absolute Gasteiger partial charge is 0.347 e. The fourth-order valence-corrected chi connectivity index (χ4v) is 4.80. The van der Waals surface area contributed by atoms with Gasteiger partial charge < -0.3 is 9.47 Å². The third-order valence-corrected chi connectivity index (χ3v) is 6.15. The number of aromatic nitrogens is 1.